The predicted octanol–water partition coefficient (Wildman–Crippen LogP) is 9.02. The predicted molar refractivity (Wildman–Crippen MR) is 177 cm³/mol. The zero-order valence-electron chi connectivity index (χ0n) is 27.4. The van der Waals surface area contributed by atoms with Crippen molar-refractivity contribution in [1.29, 1.82) is 0 Å². The van der Waals surface area contributed by atoms with E-state index in [1.165, 1.54) is 48.9 Å². The number of nitrogens with zero attached hydrogens (tertiary/aromatic N) is 2. The third-order valence-corrected chi connectivity index (χ3v) is 7.38. The smallest absolute Gasteiger partial charge is 0.410 e. The average molecular weight is 575 g/mol. The Morgan fingerprint density at radius 1 is 0.833 bits per heavy atom. The molecular weight excluding hydrogens is 520 g/mol. The highest BCUT2D eigenvalue weighted by atomic mass is 16.6. The lowest BCUT2D eigenvalue weighted by molar-refractivity contribution is 0.0240. The number of carbonyl (C=O) groups excluding carboxylic acids is 1. The molecule has 2 aromatic carbocycles. The number of amides is 1. The number of allylic oxidation sites excluding steroid dienone is 4. The zero-order chi connectivity index (χ0) is 30.8. The maximum absolute atomic E-state index is 11.9. The van der Waals surface area contributed by atoms with Crippen molar-refractivity contribution < 1.29 is 14.3 Å². The monoisotopic (exact) mass is 574 g/mol. The highest BCUT2D eigenvalue weighted by Crippen LogP contribution is 2.34. The Morgan fingerprint density at radius 3 is 2.12 bits per heavy atom. The van der Waals surface area contributed by atoms with E-state index in [1.807, 2.05) is 52.8 Å². The van der Waals surface area contributed by atoms with Crippen LogP contribution in [0.3, 0.4) is 0 Å². The Bertz CT molecular complexity index is 1180. The first-order valence-corrected chi connectivity index (χ1v) is 15.9. The first-order chi connectivity index (χ1) is 20.0. The van der Waals surface area contributed by atoms with Gasteiger partial charge in [0, 0.05) is 31.9 Å². The van der Waals surface area contributed by atoms with Gasteiger partial charge in [0.2, 0.25) is 0 Å². The maximum Gasteiger partial charge on any atom is 0.410 e. The number of carbonyl (C=O) groups is 1. The Morgan fingerprint density at radius 2 is 1.52 bits per heavy atom. The van der Waals surface area contributed by atoms with Crippen molar-refractivity contribution in [2.24, 2.45) is 5.92 Å². The van der Waals surface area contributed by atoms with Crippen LogP contribution in [-0.4, -0.2) is 48.4 Å². The molecule has 0 spiro atoms. The summed E-state index contributed by atoms with van der Waals surface area (Å²) in [6.07, 6.45) is 12.9. The van der Waals surface area contributed by atoms with Gasteiger partial charge in [-0.3, -0.25) is 0 Å². The highest BCUT2D eigenvalue weighted by molar-refractivity contribution is 5.68. The van der Waals surface area contributed by atoms with Crippen molar-refractivity contribution in [3.05, 3.63) is 83.5 Å². The molecule has 1 amide bonds. The van der Waals surface area contributed by atoms with Gasteiger partial charge in [-0.05, 0) is 121 Å². The van der Waals surface area contributed by atoms with Crippen molar-refractivity contribution in [3.63, 3.8) is 0 Å². The SMILES string of the molecule is CC.CC(C)(C)OC(=O)N1CCN(c2ccccc2)CC1.CC(C)(C)Oc1ccc2c(c1)CC[C@@H](C1=CCCC=C1)C2. The Hall–Kier alpha value is -3.21. The molecule has 0 aromatic heterocycles. The van der Waals surface area contributed by atoms with Crippen molar-refractivity contribution in [2.45, 2.75) is 98.7 Å². The van der Waals surface area contributed by atoms with Gasteiger partial charge >= 0.3 is 6.09 Å². The van der Waals surface area contributed by atoms with Gasteiger partial charge < -0.3 is 19.3 Å². The fourth-order valence-electron chi connectivity index (χ4n) is 5.48. The molecule has 0 radical (unpaired) electrons. The summed E-state index contributed by atoms with van der Waals surface area (Å²) >= 11 is 0. The van der Waals surface area contributed by atoms with Crippen LogP contribution in [0.2, 0.25) is 0 Å². The van der Waals surface area contributed by atoms with Crippen LogP contribution in [0.15, 0.2) is 72.3 Å². The summed E-state index contributed by atoms with van der Waals surface area (Å²) in [5.74, 6) is 1.72. The summed E-state index contributed by atoms with van der Waals surface area (Å²) < 4.78 is 11.4. The molecule has 1 fully saturated rings. The molecule has 5 rings (SSSR count). The van der Waals surface area contributed by atoms with Gasteiger partial charge in [-0.15, -0.1) is 0 Å². The number of rotatable bonds is 3. The molecule has 0 bridgehead atoms. The molecule has 0 unspecified atom stereocenters. The van der Waals surface area contributed by atoms with Crippen molar-refractivity contribution >= 4 is 11.8 Å². The molecule has 5 heteroatoms. The van der Waals surface area contributed by atoms with Gasteiger partial charge in [0.1, 0.15) is 17.0 Å². The lowest BCUT2D eigenvalue weighted by Gasteiger charge is -2.36. The summed E-state index contributed by atoms with van der Waals surface area (Å²) in [4.78, 5) is 16.0. The number of ether oxygens (including phenoxy) is 2. The van der Waals surface area contributed by atoms with Crippen LogP contribution in [0.1, 0.15) is 85.8 Å². The normalized spacial score (nSPS) is 18.4. The molecule has 1 heterocycles. The molecule has 5 nitrogen and oxygen atoms in total. The molecule has 2 aliphatic carbocycles. The molecule has 230 valence electrons. The van der Waals surface area contributed by atoms with Crippen LogP contribution in [0.25, 0.3) is 0 Å². The second kappa shape index (κ2) is 15.3. The summed E-state index contributed by atoms with van der Waals surface area (Å²) in [5, 5.41) is 0. The number of hydrogen-bond acceptors (Lipinski definition) is 4. The molecule has 3 aliphatic rings. The third-order valence-electron chi connectivity index (χ3n) is 7.38. The number of aryl methyl sites for hydroxylation is 1. The first kappa shape index (κ1) is 33.3. The lowest BCUT2D eigenvalue weighted by Crippen LogP contribution is -2.50. The van der Waals surface area contributed by atoms with Crippen LogP contribution in [0, 0.1) is 5.92 Å². The quantitative estimate of drug-likeness (QED) is 0.367. The molecule has 1 aliphatic heterocycles. The first-order valence-electron chi connectivity index (χ1n) is 15.9. The number of piperazine rings is 1. The third kappa shape index (κ3) is 10.6. The Kier molecular flexibility index (Phi) is 12.1. The minimum Gasteiger partial charge on any atom is -0.488 e. The number of hydrogen-bond donors (Lipinski definition) is 0. The summed E-state index contributed by atoms with van der Waals surface area (Å²) in [5.41, 5.74) is 5.21. The second-order valence-electron chi connectivity index (χ2n) is 13.1. The average Bonchev–Trinajstić information content (AvgIpc) is 2.97. The van der Waals surface area contributed by atoms with Crippen LogP contribution >= 0.6 is 0 Å². The lowest BCUT2D eigenvalue weighted by atomic mass is 9.78. The summed E-state index contributed by atoms with van der Waals surface area (Å²) in [6, 6.07) is 17.0. The van der Waals surface area contributed by atoms with E-state index < -0.39 is 5.60 Å². The van der Waals surface area contributed by atoms with Gasteiger partial charge in [-0.2, -0.15) is 0 Å². The van der Waals surface area contributed by atoms with Gasteiger partial charge in [0.15, 0.2) is 0 Å². The van der Waals surface area contributed by atoms with E-state index in [1.54, 1.807) is 10.5 Å². The number of anilines is 1. The summed E-state index contributed by atoms with van der Waals surface area (Å²) in [6.45, 7) is 19.1. The molecule has 0 N–H and O–H groups in total. The highest BCUT2D eigenvalue weighted by Gasteiger charge is 2.26. The Balaban J connectivity index is 0.000000219. The zero-order valence-corrected chi connectivity index (χ0v) is 27.4. The minimum absolute atomic E-state index is 0.122. The molecule has 1 atom stereocenters. The van der Waals surface area contributed by atoms with E-state index in [4.69, 9.17) is 9.47 Å². The van der Waals surface area contributed by atoms with E-state index in [0.29, 0.717) is 19.0 Å². The van der Waals surface area contributed by atoms with Gasteiger partial charge in [0.25, 0.3) is 0 Å². The summed E-state index contributed by atoms with van der Waals surface area (Å²) in [7, 11) is 0. The second-order valence-corrected chi connectivity index (χ2v) is 13.1. The van der Waals surface area contributed by atoms with E-state index in [-0.39, 0.29) is 11.7 Å². The fraction of sp³-hybridized carbons (Fsp3) is 0.541. The number of fused-ring (bicyclic) bond motifs is 1. The maximum atomic E-state index is 11.9. The van der Waals surface area contributed by atoms with Crippen LogP contribution in [0.5, 0.6) is 5.75 Å². The molecule has 1 saturated heterocycles. The molecule has 0 saturated carbocycles. The molecule has 42 heavy (non-hydrogen) atoms. The van der Waals surface area contributed by atoms with E-state index in [9.17, 15) is 4.79 Å². The van der Waals surface area contributed by atoms with Gasteiger partial charge in [-0.1, -0.05) is 56.3 Å². The minimum atomic E-state index is -0.423. The van der Waals surface area contributed by atoms with Crippen LogP contribution in [0.4, 0.5) is 10.5 Å². The topological polar surface area (TPSA) is 42.0 Å². The van der Waals surface area contributed by atoms with E-state index >= 15 is 0 Å². The number of para-hydroxylation sites is 1. The van der Waals surface area contributed by atoms with E-state index in [2.05, 4.69) is 74.2 Å². The fourth-order valence-corrected chi connectivity index (χ4v) is 5.48. The van der Waals surface area contributed by atoms with Crippen molar-refractivity contribution in [3.8, 4) is 5.75 Å². The molecule has 2 aromatic rings. The van der Waals surface area contributed by atoms with Crippen molar-refractivity contribution in [1.82, 2.24) is 4.90 Å². The number of benzene rings is 2. The Labute approximate surface area is 255 Å². The largest absolute Gasteiger partial charge is 0.488 e. The van der Waals surface area contributed by atoms with E-state index in [0.717, 1.165) is 18.8 Å². The van der Waals surface area contributed by atoms with Gasteiger partial charge in [-0.25, -0.2) is 4.79 Å². The molecular formula is C37H54N2O3. The standard InChI is InChI=1S/C20H26O.C15H22N2O2.C2H6/c1-20(2,3)21-19-12-11-17-13-16(9-10-18(17)14-19)15-7-5-4-6-8-15;1-15(2,3)19-14(18)17-11-9-16(10-12-17)13-7-5-4-6-8-13;1-2/h5,7-8,11-12,14,16H,4,6,9-10,13H2,1-3H3;4-8H,9-12H2,1-3H3;1-2H3/t16-;;/m1../s1. The van der Waals surface area contributed by atoms with Gasteiger partial charge in [0.05, 0.1) is 0 Å². The van der Waals surface area contributed by atoms with Crippen LogP contribution < -0.4 is 9.64 Å². The van der Waals surface area contributed by atoms with Crippen LogP contribution in [-0.2, 0) is 17.6 Å². The van der Waals surface area contributed by atoms with Crippen molar-refractivity contribution in [2.75, 3.05) is 31.1 Å².